The van der Waals surface area contributed by atoms with Crippen molar-refractivity contribution in [2.75, 3.05) is 0 Å². The molecule has 0 radical (unpaired) electrons. The summed E-state index contributed by atoms with van der Waals surface area (Å²) in [6.07, 6.45) is 1.71. The van der Waals surface area contributed by atoms with E-state index in [9.17, 15) is 4.79 Å². The standard InChI is InChI=1S/C7H4ClO.Fe/c8-7-4-2-1-3-6(7)5-9;/h1-4H;/q-1;. The van der Waals surface area contributed by atoms with Gasteiger partial charge in [-0.15, -0.1) is 17.7 Å². The molecule has 0 heterocycles. The van der Waals surface area contributed by atoms with Gasteiger partial charge in [0.1, 0.15) is 0 Å². The summed E-state index contributed by atoms with van der Waals surface area (Å²) in [5.41, 5.74) is 0.416. The zero-order valence-corrected chi connectivity index (χ0v) is 6.81. The average Bonchev–Trinajstić information content (AvgIpc) is 1.89. The number of halogens is 1. The molecule has 0 aliphatic carbocycles. The SMILES string of the molecule is O=[C-]c1ccccc1Cl.[Fe]. The minimum absolute atomic E-state index is 0. The van der Waals surface area contributed by atoms with Gasteiger partial charge in [0.25, 0.3) is 0 Å². The van der Waals surface area contributed by atoms with Gasteiger partial charge in [-0.1, -0.05) is 11.1 Å². The van der Waals surface area contributed by atoms with Crippen LogP contribution in [-0.4, -0.2) is 6.29 Å². The molecule has 0 unspecified atom stereocenters. The van der Waals surface area contributed by atoms with E-state index < -0.39 is 0 Å². The van der Waals surface area contributed by atoms with Gasteiger partial charge in [0.2, 0.25) is 0 Å². The molecule has 1 aromatic carbocycles. The van der Waals surface area contributed by atoms with Gasteiger partial charge in [-0.25, -0.2) is 0 Å². The van der Waals surface area contributed by atoms with E-state index in [1.54, 1.807) is 30.6 Å². The monoisotopic (exact) mass is 195 g/mol. The van der Waals surface area contributed by atoms with Crippen molar-refractivity contribution in [3.05, 3.63) is 34.9 Å². The summed E-state index contributed by atoms with van der Waals surface area (Å²) in [6.45, 7) is 0. The molecule has 0 fully saturated rings. The Kier molecular flexibility index (Phi) is 4.37. The molecule has 0 saturated carbocycles. The van der Waals surface area contributed by atoms with Crippen LogP contribution < -0.4 is 0 Å². The number of hydrogen-bond acceptors (Lipinski definition) is 1. The second-order valence-electron chi connectivity index (χ2n) is 1.58. The largest absolute Gasteiger partial charge is 0.376 e. The maximum Gasteiger partial charge on any atom is 0.0641 e. The molecule has 0 N–H and O–H groups in total. The molecule has 1 rings (SSSR count). The van der Waals surface area contributed by atoms with Gasteiger partial charge in [0.15, 0.2) is 0 Å². The summed E-state index contributed by atoms with van der Waals surface area (Å²) >= 11 is 5.56. The Hall–Kier alpha value is -0.301. The number of benzene rings is 1. The summed E-state index contributed by atoms with van der Waals surface area (Å²) in [7, 11) is 0. The van der Waals surface area contributed by atoms with Crippen molar-refractivity contribution in [2.45, 2.75) is 0 Å². The van der Waals surface area contributed by atoms with Crippen LogP contribution in [0.3, 0.4) is 0 Å². The van der Waals surface area contributed by atoms with Crippen molar-refractivity contribution in [1.29, 1.82) is 0 Å². The molecule has 0 saturated heterocycles. The number of hydrogen-bond donors (Lipinski definition) is 0. The quantitative estimate of drug-likeness (QED) is 0.493. The third-order valence-corrected chi connectivity index (χ3v) is 1.31. The van der Waals surface area contributed by atoms with E-state index in [0.29, 0.717) is 10.6 Å². The number of carbonyl (C=O) groups excluding carboxylic acids is 1. The van der Waals surface area contributed by atoms with Gasteiger partial charge in [-0.2, -0.15) is 17.7 Å². The molecule has 10 heavy (non-hydrogen) atoms. The van der Waals surface area contributed by atoms with Gasteiger partial charge in [-0.05, 0) is 0 Å². The van der Waals surface area contributed by atoms with Gasteiger partial charge in [0.05, 0.1) is 6.29 Å². The van der Waals surface area contributed by atoms with Crippen LogP contribution in [0.25, 0.3) is 0 Å². The second kappa shape index (κ2) is 4.50. The topological polar surface area (TPSA) is 17.1 Å². The predicted octanol–water partition coefficient (Wildman–Crippen LogP) is 1.80. The fourth-order valence-electron chi connectivity index (χ4n) is 0.544. The van der Waals surface area contributed by atoms with Crippen LogP contribution in [0.5, 0.6) is 0 Å². The Morgan fingerprint density at radius 2 is 1.90 bits per heavy atom. The van der Waals surface area contributed by atoms with Crippen molar-refractivity contribution in [1.82, 2.24) is 0 Å². The van der Waals surface area contributed by atoms with E-state index >= 15 is 0 Å². The molecule has 0 atom stereocenters. The molecule has 54 valence electrons. The zero-order valence-electron chi connectivity index (χ0n) is 4.95. The molecule has 0 spiro atoms. The van der Waals surface area contributed by atoms with E-state index in [1.807, 2.05) is 0 Å². The molecular formula is C7H4ClFeO-. The molecular weight excluding hydrogens is 191 g/mol. The maximum absolute atomic E-state index is 10.0. The molecule has 0 aliphatic rings. The van der Waals surface area contributed by atoms with Gasteiger partial charge >= 0.3 is 0 Å². The minimum atomic E-state index is 0. The summed E-state index contributed by atoms with van der Waals surface area (Å²) < 4.78 is 0. The van der Waals surface area contributed by atoms with Crippen molar-refractivity contribution in [3.8, 4) is 0 Å². The van der Waals surface area contributed by atoms with E-state index in [-0.39, 0.29) is 17.1 Å². The summed E-state index contributed by atoms with van der Waals surface area (Å²) in [5.74, 6) is 0. The van der Waals surface area contributed by atoms with Gasteiger partial charge < -0.3 is 4.79 Å². The first-order chi connectivity index (χ1) is 4.34. The normalized spacial score (nSPS) is 8.10. The Morgan fingerprint density at radius 3 is 2.30 bits per heavy atom. The Morgan fingerprint density at radius 1 is 1.30 bits per heavy atom. The van der Waals surface area contributed by atoms with Crippen LogP contribution in [0, 0.1) is 0 Å². The van der Waals surface area contributed by atoms with Crippen LogP contribution in [0.4, 0.5) is 0 Å². The molecule has 0 bridgehead atoms. The van der Waals surface area contributed by atoms with E-state index in [1.165, 1.54) is 0 Å². The zero-order chi connectivity index (χ0) is 6.69. The second-order valence-corrected chi connectivity index (χ2v) is 1.99. The minimum Gasteiger partial charge on any atom is -0.376 e. The average molecular weight is 195 g/mol. The fourth-order valence-corrected chi connectivity index (χ4v) is 0.718. The first-order valence-corrected chi connectivity index (χ1v) is 2.85. The summed E-state index contributed by atoms with van der Waals surface area (Å²) in [4.78, 5) is 10.0. The third kappa shape index (κ3) is 2.14. The first-order valence-electron chi connectivity index (χ1n) is 2.47. The van der Waals surface area contributed by atoms with Crippen LogP contribution in [0.1, 0.15) is 5.56 Å². The maximum atomic E-state index is 10.0. The first kappa shape index (κ1) is 9.70. The third-order valence-electron chi connectivity index (χ3n) is 0.984. The van der Waals surface area contributed by atoms with Crippen molar-refractivity contribution in [2.24, 2.45) is 0 Å². The van der Waals surface area contributed by atoms with Crippen molar-refractivity contribution >= 4 is 17.9 Å². The smallest absolute Gasteiger partial charge is 0.0641 e. The summed E-state index contributed by atoms with van der Waals surface area (Å²) in [5, 5.41) is 0.451. The van der Waals surface area contributed by atoms with Gasteiger partial charge in [-0.3, -0.25) is 0 Å². The molecule has 0 amide bonds. The van der Waals surface area contributed by atoms with E-state index in [0.717, 1.165) is 0 Å². The molecule has 1 nitrogen and oxygen atoms in total. The molecule has 0 aromatic heterocycles. The van der Waals surface area contributed by atoms with Gasteiger partial charge in [0, 0.05) is 17.1 Å². The van der Waals surface area contributed by atoms with Crippen molar-refractivity contribution in [3.63, 3.8) is 0 Å². The Balaban J connectivity index is 0.000000810. The molecule has 0 aliphatic heterocycles. The van der Waals surface area contributed by atoms with Crippen LogP contribution in [0.2, 0.25) is 5.02 Å². The van der Waals surface area contributed by atoms with Crippen LogP contribution in [-0.2, 0) is 21.9 Å². The van der Waals surface area contributed by atoms with Crippen LogP contribution >= 0.6 is 11.6 Å². The van der Waals surface area contributed by atoms with Crippen LogP contribution in [0.15, 0.2) is 24.3 Å². The van der Waals surface area contributed by atoms with E-state index in [2.05, 4.69) is 0 Å². The fraction of sp³-hybridized carbons (Fsp3) is 0. The van der Waals surface area contributed by atoms with Crippen molar-refractivity contribution < 1.29 is 21.9 Å². The summed E-state index contributed by atoms with van der Waals surface area (Å²) in [6, 6.07) is 6.78. The Bertz CT molecular complexity index is 225. The Labute approximate surface area is 74.9 Å². The predicted molar refractivity (Wildman–Crippen MR) is 36.2 cm³/mol. The number of rotatable bonds is 1. The molecule has 3 heteroatoms. The van der Waals surface area contributed by atoms with E-state index in [4.69, 9.17) is 11.6 Å². The molecule has 1 aromatic rings.